The van der Waals surface area contributed by atoms with Gasteiger partial charge >= 0.3 is 5.97 Å². The van der Waals surface area contributed by atoms with E-state index in [0.717, 1.165) is 35.4 Å². The Hall–Kier alpha value is -2.67. The normalized spacial score (nSPS) is 14.6. The van der Waals surface area contributed by atoms with E-state index < -0.39 is 5.97 Å². The number of nitrogens with one attached hydrogen (secondary N) is 2. The molecule has 1 unspecified atom stereocenters. The Morgan fingerprint density at radius 1 is 1.08 bits per heavy atom. The zero-order valence-electron chi connectivity index (χ0n) is 13.6. The van der Waals surface area contributed by atoms with Crippen molar-refractivity contribution >= 4 is 34.8 Å². The summed E-state index contributed by atoms with van der Waals surface area (Å²) in [6.45, 7) is 1.85. The summed E-state index contributed by atoms with van der Waals surface area (Å²) in [5.74, 6) is -1.14. The molecule has 0 spiro atoms. The van der Waals surface area contributed by atoms with Gasteiger partial charge in [-0.05, 0) is 49.6 Å². The summed E-state index contributed by atoms with van der Waals surface area (Å²) in [4.78, 5) is 35.3. The van der Waals surface area contributed by atoms with Crippen molar-refractivity contribution in [2.24, 2.45) is 5.92 Å². The highest BCUT2D eigenvalue weighted by Crippen LogP contribution is 2.30. The Morgan fingerprint density at radius 3 is 2.28 bits per heavy atom. The van der Waals surface area contributed by atoms with E-state index in [2.05, 4.69) is 10.6 Å². The largest absolute Gasteiger partial charge is 0.477 e. The van der Waals surface area contributed by atoms with Gasteiger partial charge in [-0.15, -0.1) is 11.3 Å². The predicted molar refractivity (Wildman–Crippen MR) is 95.0 cm³/mol. The van der Waals surface area contributed by atoms with E-state index in [-0.39, 0.29) is 28.7 Å². The Morgan fingerprint density at radius 2 is 1.72 bits per heavy atom. The molecule has 7 heteroatoms. The summed E-state index contributed by atoms with van der Waals surface area (Å²) in [7, 11) is 0. The van der Waals surface area contributed by atoms with Gasteiger partial charge in [-0.2, -0.15) is 0 Å². The van der Waals surface area contributed by atoms with E-state index >= 15 is 0 Å². The van der Waals surface area contributed by atoms with E-state index in [0.29, 0.717) is 4.88 Å². The molecule has 2 aromatic rings. The van der Waals surface area contributed by atoms with Crippen LogP contribution in [0.1, 0.15) is 50.7 Å². The van der Waals surface area contributed by atoms with Crippen LogP contribution in [-0.2, 0) is 4.79 Å². The average molecular weight is 358 g/mol. The molecule has 3 N–H and O–H groups in total. The summed E-state index contributed by atoms with van der Waals surface area (Å²) >= 11 is 0.945. The molecule has 130 valence electrons. The van der Waals surface area contributed by atoms with Gasteiger partial charge in [-0.25, -0.2) is 4.79 Å². The lowest BCUT2D eigenvalue weighted by Gasteiger charge is -2.14. The zero-order chi connectivity index (χ0) is 18.0. The number of hydrogen-bond acceptors (Lipinski definition) is 4. The fourth-order valence-electron chi connectivity index (χ4n) is 2.37. The lowest BCUT2D eigenvalue weighted by molar-refractivity contribution is -0.117. The monoisotopic (exact) mass is 358 g/mol. The maximum Gasteiger partial charge on any atom is 0.345 e. The number of thiophene rings is 1. The summed E-state index contributed by atoms with van der Waals surface area (Å²) in [5, 5.41) is 14.6. The third-order valence-electron chi connectivity index (χ3n) is 4.01. The average Bonchev–Trinajstić information content (AvgIpc) is 3.31. The first-order valence-electron chi connectivity index (χ1n) is 7.99. The standard InChI is InChI=1S/C18H18N2O4S/c1-10(19-17(22)14-8-9-15(25-14)18(23)24)11-4-6-13(7-5-11)20-16(21)12-2-3-12/h4-10,12H,2-3H2,1H3,(H,19,22)(H,20,21)(H,23,24). The highest BCUT2D eigenvalue weighted by molar-refractivity contribution is 7.15. The molecule has 1 atom stereocenters. The van der Waals surface area contributed by atoms with Crippen LogP contribution >= 0.6 is 11.3 Å². The highest BCUT2D eigenvalue weighted by atomic mass is 32.1. The van der Waals surface area contributed by atoms with Gasteiger partial charge in [0, 0.05) is 11.6 Å². The van der Waals surface area contributed by atoms with Crippen molar-refractivity contribution in [2.75, 3.05) is 5.32 Å². The number of carboxylic acid groups (broad SMARTS) is 1. The first-order chi connectivity index (χ1) is 11.9. The number of hydrogen-bond donors (Lipinski definition) is 3. The van der Waals surface area contributed by atoms with Crippen molar-refractivity contribution < 1.29 is 19.5 Å². The zero-order valence-corrected chi connectivity index (χ0v) is 14.4. The molecule has 0 aliphatic heterocycles. The number of carbonyl (C=O) groups is 3. The van der Waals surface area contributed by atoms with Gasteiger partial charge in [0.25, 0.3) is 5.91 Å². The van der Waals surface area contributed by atoms with E-state index in [1.165, 1.54) is 12.1 Å². The fourth-order valence-corrected chi connectivity index (χ4v) is 3.12. The Labute approximate surface area is 148 Å². The molecule has 3 rings (SSSR count). The van der Waals surface area contributed by atoms with E-state index in [1.807, 2.05) is 31.2 Å². The number of benzene rings is 1. The van der Waals surface area contributed by atoms with Crippen LogP contribution in [0.5, 0.6) is 0 Å². The van der Waals surface area contributed by atoms with Crippen molar-refractivity contribution in [3.63, 3.8) is 0 Å². The minimum atomic E-state index is -1.04. The van der Waals surface area contributed by atoms with Crippen molar-refractivity contribution in [1.82, 2.24) is 5.32 Å². The highest BCUT2D eigenvalue weighted by Gasteiger charge is 2.29. The summed E-state index contributed by atoms with van der Waals surface area (Å²) < 4.78 is 0. The number of anilines is 1. The van der Waals surface area contributed by atoms with Crippen LogP contribution in [0, 0.1) is 5.92 Å². The molecule has 6 nitrogen and oxygen atoms in total. The Kier molecular flexibility index (Phi) is 4.85. The van der Waals surface area contributed by atoms with Crippen LogP contribution in [-0.4, -0.2) is 22.9 Å². The van der Waals surface area contributed by atoms with E-state index in [9.17, 15) is 14.4 Å². The smallest absolute Gasteiger partial charge is 0.345 e. The van der Waals surface area contributed by atoms with Gasteiger partial charge in [0.05, 0.1) is 10.9 Å². The quantitative estimate of drug-likeness (QED) is 0.738. The Bertz CT molecular complexity index is 809. The minimum absolute atomic E-state index is 0.0565. The van der Waals surface area contributed by atoms with Gasteiger partial charge in [0.2, 0.25) is 5.91 Å². The fraction of sp³-hybridized carbons (Fsp3) is 0.278. The van der Waals surface area contributed by atoms with Crippen LogP contribution in [0.15, 0.2) is 36.4 Å². The van der Waals surface area contributed by atoms with Crippen LogP contribution in [0.3, 0.4) is 0 Å². The molecule has 1 aromatic carbocycles. The topological polar surface area (TPSA) is 95.5 Å². The summed E-state index contributed by atoms with van der Waals surface area (Å²) in [6.07, 6.45) is 1.92. The maximum absolute atomic E-state index is 12.2. The number of carboxylic acids is 1. The molecule has 0 bridgehead atoms. The third kappa shape index (κ3) is 4.24. The summed E-state index contributed by atoms with van der Waals surface area (Å²) in [6, 6.07) is 10.0. The number of carbonyl (C=O) groups excluding carboxylic acids is 2. The molecule has 0 saturated heterocycles. The molecule has 25 heavy (non-hydrogen) atoms. The van der Waals surface area contributed by atoms with E-state index in [4.69, 9.17) is 5.11 Å². The van der Waals surface area contributed by atoms with Crippen molar-refractivity contribution in [3.05, 3.63) is 51.7 Å². The van der Waals surface area contributed by atoms with Crippen molar-refractivity contribution in [2.45, 2.75) is 25.8 Å². The molecular weight excluding hydrogens is 340 g/mol. The second-order valence-electron chi connectivity index (χ2n) is 6.05. The van der Waals surface area contributed by atoms with Crippen molar-refractivity contribution in [1.29, 1.82) is 0 Å². The van der Waals surface area contributed by atoms with Crippen LogP contribution in [0.4, 0.5) is 5.69 Å². The van der Waals surface area contributed by atoms with Crippen LogP contribution in [0.2, 0.25) is 0 Å². The minimum Gasteiger partial charge on any atom is -0.477 e. The number of rotatable bonds is 6. The molecule has 1 aliphatic carbocycles. The molecule has 2 amide bonds. The van der Waals surface area contributed by atoms with Gasteiger partial charge < -0.3 is 15.7 Å². The second-order valence-corrected chi connectivity index (χ2v) is 7.13. The first-order valence-corrected chi connectivity index (χ1v) is 8.80. The second kappa shape index (κ2) is 7.06. The lowest BCUT2D eigenvalue weighted by Crippen LogP contribution is -2.25. The van der Waals surface area contributed by atoms with Crippen LogP contribution in [0.25, 0.3) is 0 Å². The van der Waals surface area contributed by atoms with Gasteiger partial charge in [-0.3, -0.25) is 9.59 Å². The third-order valence-corrected chi connectivity index (χ3v) is 5.09. The van der Waals surface area contributed by atoms with E-state index in [1.54, 1.807) is 0 Å². The maximum atomic E-state index is 12.2. The molecule has 1 aromatic heterocycles. The predicted octanol–water partition coefficient (Wildman–Crippen LogP) is 3.29. The molecule has 1 saturated carbocycles. The molecule has 1 fully saturated rings. The molecule has 0 radical (unpaired) electrons. The molecule has 1 aliphatic rings. The van der Waals surface area contributed by atoms with Gasteiger partial charge in [0.15, 0.2) is 0 Å². The lowest BCUT2D eigenvalue weighted by atomic mass is 10.1. The number of amides is 2. The molecule has 1 heterocycles. The van der Waals surface area contributed by atoms with Gasteiger partial charge in [0.1, 0.15) is 4.88 Å². The Balaban J connectivity index is 1.59. The van der Waals surface area contributed by atoms with Crippen LogP contribution < -0.4 is 10.6 Å². The summed E-state index contributed by atoms with van der Waals surface area (Å²) in [5.41, 5.74) is 1.64. The SMILES string of the molecule is CC(NC(=O)c1ccc(C(=O)O)s1)c1ccc(NC(=O)C2CC2)cc1. The number of aromatic carboxylic acids is 1. The first kappa shape index (κ1) is 17.2. The van der Waals surface area contributed by atoms with Crippen molar-refractivity contribution in [3.8, 4) is 0 Å². The van der Waals surface area contributed by atoms with Gasteiger partial charge in [-0.1, -0.05) is 12.1 Å². The molecular formula is C18H18N2O4S.